The molecule has 0 unspecified atom stereocenters. The van der Waals surface area contributed by atoms with Gasteiger partial charge in [-0.15, -0.1) is 0 Å². The van der Waals surface area contributed by atoms with E-state index in [1.54, 1.807) is 24.3 Å². The van der Waals surface area contributed by atoms with Crippen LogP contribution in [0.5, 0.6) is 5.75 Å². The number of alkyl halides is 2. The standard InChI is InChI=1S/C24H21F2N3O2S/c1-4-31-19-8-6-5-7-18(19)29-22-20(23(30)28-24(29)32)16(21(25)26)12-17(27-22)15-10-9-13(2)14(3)11-15/h5-12,21H,4H2,1-3H3,(H,28,30,32). The molecule has 0 fully saturated rings. The summed E-state index contributed by atoms with van der Waals surface area (Å²) >= 11 is 5.42. The molecule has 0 aliphatic heterocycles. The lowest BCUT2D eigenvalue weighted by Crippen LogP contribution is -2.17. The quantitative estimate of drug-likeness (QED) is 0.373. The highest BCUT2D eigenvalue weighted by molar-refractivity contribution is 7.71. The van der Waals surface area contributed by atoms with Crippen LogP contribution in [0.1, 0.15) is 30.0 Å². The van der Waals surface area contributed by atoms with Crippen molar-refractivity contribution in [3.05, 3.63) is 80.3 Å². The fourth-order valence-electron chi connectivity index (χ4n) is 3.62. The van der Waals surface area contributed by atoms with Gasteiger partial charge in [-0.05, 0) is 68.4 Å². The Hall–Kier alpha value is -3.39. The van der Waals surface area contributed by atoms with Gasteiger partial charge >= 0.3 is 0 Å². The van der Waals surface area contributed by atoms with Crippen LogP contribution in [-0.4, -0.2) is 21.1 Å². The number of nitrogens with one attached hydrogen (secondary N) is 1. The van der Waals surface area contributed by atoms with Crippen molar-refractivity contribution in [2.24, 2.45) is 0 Å². The Bertz CT molecular complexity index is 1440. The zero-order valence-electron chi connectivity index (χ0n) is 17.8. The third kappa shape index (κ3) is 3.82. The number of aromatic amines is 1. The lowest BCUT2D eigenvalue weighted by atomic mass is 10.0. The van der Waals surface area contributed by atoms with E-state index in [0.29, 0.717) is 29.3 Å². The molecule has 0 amide bonds. The molecular weight excluding hydrogens is 432 g/mol. The highest BCUT2D eigenvalue weighted by Gasteiger charge is 2.22. The van der Waals surface area contributed by atoms with Crippen LogP contribution in [-0.2, 0) is 0 Å². The van der Waals surface area contributed by atoms with Gasteiger partial charge in [-0.2, -0.15) is 0 Å². The van der Waals surface area contributed by atoms with Gasteiger partial charge in [0.1, 0.15) is 5.75 Å². The molecule has 0 saturated carbocycles. The number of fused-ring (bicyclic) bond motifs is 1. The lowest BCUT2D eigenvalue weighted by molar-refractivity contribution is 0.153. The average molecular weight is 454 g/mol. The fourth-order valence-corrected chi connectivity index (χ4v) is 3.90. The van der Waals surface area contributed by atoms with Crippen LogP contribution in [0.3, 0.4) is 0 Å². The summed E-state index contributed by atoms with van der Waals surface area (Å²) in [6.07, 6.45) is -2.88. The Labute approximate surface area is 188 Å². The minimum absolute atomic E-state index is 0.0413. The second-order valence-corrected chi connectivity index (χ2v) is 7.78. The average Bonchev–Trinajstić information content (AvgIpc) is 2.76. The van der Waals surface area contributed by atoms with Gasteiger partial charge in [-0.3, -0.25) is 14.3 Å². The number of H-pyrrole nitrogens is 1. The normalized spacial score (nSPS) is 11.3. The van der Waals surface area contributed by atoms with E-state index >= 15 is 0 Å². The van der Waals surface area contributed by atoms with E-state index in [4.69, 9.17) is 17.0 Å². The van der Waals surface area contributed by atoms with Crippen molar-refractivity contribution < 1.29 is 13.5 Å². The number of ether oxygens (including phenoxy) is 1. The largest absolute Gasteiger partial charge is 0.492 e. The van der Waals surface area contributed by atoms with Gasteiger partial charge in [0, 0.05) is 11.1 Å². The molecule has 0 atom stereocenters. The number of benzene rings is 2. The summed E-state index contributed by atoms with van der Waals surface area (Å²) in [4.78, 5) is 19.9. The first-order chi connectivity index (χ1) is 15.3. The molecular formula is C24H21F2N3O2S. The molecule has 1 N–H and O–H groups in total. The second kappa shape index (κ2) is 8.63. The van der Waals surface area contributed by atoms with E-state index in [1.165, 1.54) is 10.6 Å². The zero-order valence-corrected chi connectivity index (χ0v) is 18.6. The number of pyridine rings is 1. The van der Waals surface area contributed by atoms with Gasteiger partial charge in [-0.25, -0.2) is 13.8 Å². The number of para-hydroxylation sites is 2. The molecule has 0 radical (unpaired) electrons. The van der Waals surface area contributed by atoms with Gasteiger partial charge in [0.2, 0.25) is 0 Å². The van der Waals surface area contributed by atoms with Crippen molar-refractivity contribution >= 4 is 23.3 Å². The SMILES string of the molecule is CCOc1ccccc1-n1c(=S)[nH]c(=O)c2c(C(F)F)cc(-c3ccc(C)c(C)c3)nc21. The summed E-state index contributed by atoms with van der Waals surface area (Å²) in [6, 6.07) is 14.0. The molecule has 2 aromatic carbocycles. The van der Waals surface area contributed by atoms with Crippen molar-refractivity contribution in [3.8, 4) is 22.7 Å². The second-order valence-electron chi connectivity index (χ2n) is 7.39. The molecule has 0 spiro atoms. The van der Waals surface area contributed by atoms with Crippen LogP contribution >= 0.6 is 12.2 Å². The first-order valence-corrected chi connectivity index (χ1v) is 10.5. The number of aromatic nitrogens is 3. The molecule has 0 aliphatic rings. The number of hydrogen-bond acceptors (Lipinski definition) is 4. The molecule has 0 bridgehead atoms. The number of nitrogens with zero attached hydrogens (tertiary/aromatic N) is 2. The zero-order chi connectivity index (χ0) is 23.0. The highest BCUT2D eigenvalue weighted by atomic mass is 32.1. The van der Waals surface area contributed by atoms with E-state index in [9.17, 15) is 13.6 Å². The minimum atomic E-state index is -2.88. The minimum Gasteiger partial charge on any atom is -0.492 e. The Morgan fingerprint density at radius 3 is 2.56 bits per heavy atom. The number of rotatable bonds is 5. The summed E-state index contributed by atoms with van der Waals surface area (Å²) < 4.78 is 35.5. The van der Waals surface area contributed by atoms with Gasteiger partial charge in [0.05, 0.1) is 23.4 Å². The Morgan fingerprint density at radius 2 is 1.88 bits per heavy atom. The molecule has 0 aliphatic carbocycles. The molecule has 0 saturated heterocycles. The van der Waals surface area contributed by atoms with Crippen LogP contribution in [0.2, 0.25) is 0 Å². The molecule has 8 heteroatoms. The lowest BCUT2D eigenvalue weighted by Gasteiger charge is -2.17. The van der Waals surface area contributed by atoms with Crippen LogP contribution in [0.25, 0.3) is 28.0 Å². The third-order valence-corrected chi connectivity index (χ3v) is 5.62. The highest BCUT2D eigenvalue weighted by Crippen LogP contribution is 2.32. The van der Waals surface area contributed by atoms with Crippen LogP contribution in [0, 0.1) is 18.6 Å². The molecule has 164 valence electrons. The van der Waals surface area contributed by atoms with Gasteiger partial charge in [-0.1, -0.05) is 24.3 Å². The molecule has 2 aromatic heterocycles. The fraction of sp³-hybridized carbons (Fsp3) is 0.208. The van der Waals surface area contributed by atoms with E-state index in [1.807, 2.05) is 39.0 Å². The Balaban J connectivity index is 2.14. The predicted octanol–water partition coefficient (Wildman–Crippen LogP) is 6.06. The van der Waals surface area contributed by atoms with Crippen molar-refractivity contribution in [2.75, 3.05) is 6.61 Å². The number of hydrogen-bond donors (Lipinski definition) is 1. The first kappa shape index (κ1) is 21.8. The Morgan fingerprint density at radius 1 is 1.12 bits per heavy atom. The topological polar surface area (TPSA) is 59.9 Å². The van der Waals surface area contributed by atoms with Gasteiger partial charge in [0.15, 0.2) is 10.4 Å². The predicted molar refractivity (Wildman–Crippen MR) is 124 cm³/mol. The molecule has 4 rings (SSSR count). The summed E-state index contributed by atoms with van der Waals surface area (Å²) in [6.45, 7) is 6.15. The number of halogens is 2. The van der Waals surface area contributed by atoms with Crippen molar-refractivity contribution in [1.29, 1.82) is 0 Å². The van der Waals surface area contributed by atoms with E-state index in [0.717, 1.165) is 11.1 Å². The summed E-state index contributed by atoms with van der Waals surface area (Å²) in [5, 5.41) is -0.201. The Kier molecular flexibility index (Phi) is 5.88. The molecule has 32 heavy (non-hydrogen) atoms. The van der Waals surface area contributed by atoms with Crippen molar-refractivity contribution in [1.82, 2.24) is 14.5 Å². The van der Waals surface area contributed by atoms with Gasteiger partial charge in [0.25, 0.3) is 12.0 Å². The van der Waals surface area contributed by atoms with Crippen LogP contribution in [0.15, 0.2) is 53.3 Å². The molecule has 5 nitrogen and oxygen atoms in total. The van der Waals surface area contributed by atoms with Crippen molar-refractivity contribution in [2.45, 2.75) is 27.2 Å². The van der Waals surface area contributed by atoms with Crippen LogP contribution in [0.4, 0.5) is 8.78 Å². The number of aryl methyl sites for hydroxylation is 2. The summed E-state index contributed by atoms with van der Waals surface area (Å²) in [5.74, 6) is 0.497. The maximum Gasteiger partial charge on any atom is 0.264 e. The smallest absolute Gasteiger partial charge is 0.264 e. The molecule has 2 heterocycles. The maximum absolute atomic E-state index is 14.1. The molecule has 4 aromatic rings. The van der Waals surface area contributed by atoms with E-state index in [2.05, 4.69) is 9.97 Å². The van der Waals surface area contributed by atoms with Crippen LogP contribution < -0.4 is 10.3 Å². The van der Waals surface area contributed by atoms with Gasteiger partial charge < -0.3 is 4.74 Å². The summed E-state index contributed by atoms with van der Waals surface area (Å²) in [7, 11) is 0. The monoisotopic (exact) mass is 453 g/mol. The van der Waals surface area contributed by atoms with E-state index in [-0.39, 0.29) is 15.8 Å². The van der Waals surface area contributed by atoms with Crippen molar-refractivity contribution in [3.63, 3.8) is 0 Å². The van der Waals surface area contributed by atoms with E-state index < -0.39 is 17.5 Å². The third-order valence-electron chi connectivity index (χ3n) is 5.34. The summed E-state index contributed by atoms with van der Waals surface area (Å²) in [5.41, 5.74) is 2.54. The first-order valence-electron chi connectivity index (χ1n) is 10.1. The maximum atomic E-state index is 14.1.